The Morgan fingerprint density at radius 2 is 1.77 bits per heavy atom. The number of benzene rings is 3. The van der Waals surface area contributed by atoms with Gasteiger partial charge in [0.25, 0.3) is 0 Å². The average molecular weight is 555 g/mol. The van der Waals surface area contributed by atoms with Crippen LogP contribution in [0.5, 0.6) is 11.5 Å². The van der Waals surface area contributed by atoms with Crippen molar-refractivity contribution in [3.63, 3.8) is 0 Å². The van der Waals surface area contributed by atoms with Crippen LogP contribution in [0.1, 0.15) is 11.1 Å². The topological polar surface area (TPSA) is 113 Å². The van der Waals surface area contributed by atoms with E-state index in [1.807, 2.05) is 30.5 Å². The molecule has 8 rings (SSSR count). The van der Waals surface area contributed by atoms with E-state index in [2.05, 4.69) is 15.6 Å². The Morgan fingerprint density at radius 1 is 0.950 bits per heavy atom. The maximum absolute atomic E-state index is 14.3. The van der Waals surface area contributed by atoms with E-state index in [9.17, 15) is 14.4 Å². The lowest BCUT2D eigenvalue weighted by molar-refractivity contribution is -0.130. The van der Waals surface area contributed by atoms with Crippen LogP contribution in [0.3, 0.4) is 0 Å². The summed E-state index contributed by atoms with van der Waals surface area (Å²) >= 11 is 6.39. The Morgan fingerprint density at radius 3 is 2.65 bits per heavy atom. The molecule has 4 atom stereocenters. The van der Waals surface area contributed by atoms with Crippen molar-refractivity contribution in [1.29, 1.82) is 0 Å². The van der Waals surface area contributed by atoms with Crippen molar-refractivity contribution in [2.24, 2.45) is 11.8 Å². The minimum Gasteiger partial charge on any atom is -0.486 e. The lowest BCUT2D eigenvalue weighted by Crippen LogP contribution is -2.53. The van der Waals surface area contributed by atoms with Gasteiger partial charge < -0.3 is 19.8 Å². The molecule has 3 amide bonds. The monoisotopic (exact) mass is 554 g/mol. The molecule has 2 saturated heterocycles. The van der Waals surface area contributed by atoms with E-state index in [-0.39, 0.29) is 11.8 Å². The fraction of sp³-hybridized carbons (Fsp3) is 0.233. The summed E-state index contributed by atoms with van der Waals surface area (Å²) in [6, 6.07) is 17.6. The number of nitrogens with one attached hydrogen (secondary N) is 3. The van der Waals surface area contributed by atoms with Crippen molar-refractivity contribution in [3.8, 4) is 11.5 Å². The third-order valence-electron chi connectivity index (χ3n) is 8.58. The van der Waals surface area contributed by atoms with Crippen LogP contribution < -0.4 is 25.0 Å². The smallest absolute Gasteiger partial charge is 0.250 e. The van der Waals surface area contributed by atoms with E-state index in [1.54, 1.807) is 36.4 Å². The van der Waals surface area contributed by atoms with E-state index in [0.29, 0.717) is 53.1 Å². The quantitative estimate of drug-likeness (QED) is 0.332. The number of rotatable bonds is 3. The molecule has 0 saturated carbocycles. The second-order valence-electron chi connectivity index (χ2n) is 10.6. The highest BCUT2D eigenvalue weighted by Gasteiger charge is 2.70. The molecule has 200 valence electrons. The molecule has 4 aliphatic rings. The Hall–Kier alpha value is -4.34. The van der Waals surface area contributed by atoms with Gasteiger partial charge in [0.05, 0.1) is 17.5 Å². The molecule has 4 aliphatic heterocycles. The van der Waals surface area contributed by atoms with Crippen molar-refractivity contribution < 1.29 is 23.9 Å². The SMILES string of the molecule is O=C1[C@@H]2[C@H](Cc3c[nH]c4ccccc34)N[C@@]3(C(=O)Nc4ccc(Cl)cc43)[C@H]2C(=O)N1c1ccc2c(c1)OCCO2. The molecule has 0 unspecified atom stereocenters. The maximum Gasteiger partial charge on any atom is 0.250 e. The lowest BCUT2D eigenvalue weighted by Gasteiger charge is -2.30. The summed E-state index contributed by atoms with van der Waals surface area (Å²) in [5.74, 6) is -1.89. The Kier molecular flexibility index (Phi) is 4.90. The molecule has 0 bridgehead atoms. The minimum atomic E-state index is -1.45. The van der Waals surface area contributed by atoms with Crippen molar-refractivity contribution in [3.05, 3.63) is 83.0 Å². The average Bonchev–Trinajstić information content (AvgIpc) is 3.67. The molecule has 10 heteroatoms. The van der Waals surface area contributed by atoms with E-state index in [1.165, 1.54) is 4.90 Å². The van der Waals surface area contributed by atoms with E-state index in [0.717, 1.165) is 16.5 Å². The number of imide groups is 1. The number of halogens is 1. The van der Waals surface area contributed by atoms with Crippen LogP contribution >= 0.6 is 11.6 Å². The van der Waals surface area contributed by atoms with Crippen molar-refractivity contribution in [2.75, 3.05) is 23.4 Å². The maximum atomic E-state index is 14.3. The lowest BCUT2D eigenvalue weighted by atomic mass is 9.76. The first kappa shape index (κ1) is 23.5. The molecule has 2 fully saturated rings. The van der Waals surface area contributed by atoms with Gasteiger partial charge in [-0.05, 0) is 48.4 Å². The van der Waals surface area contributed by atoms with Gasteiger partial charge in [-0.3, -0.25) is 19.7 Å². The highest BCUT2D eigenvalue weighted by Crippen LogP contribution is 2.54. The number of carbonyl (C=O) groups excluding carboxylic acids is 3. The number of ether oxygens (including phenoxy) is 2. The van der Waals surface area contributed by atoms with Crippen LogP contribution in [-0.2, 0) is 26.3 Å². The van der Waals surface area contributed by atoms with Crippen molar-refractivity contribution in [2.45, 2.75) is 18.0 Å². The second-order valence-corrected chi connectivity index (χ2v) is 11.0. The van der Waals surface area contributed by atoms with Gasteiger partial charge in [-0.25, -0.2) is 4.90 Å². The molecular weight excluding hydrogens is 532 g/mol. The molecule has 3 aromatic carbocycles. The third-order valence-corrected chi connectivity index (χ3v) is 8.81. The van der Waals surface area contributed by atoms with Crippen LogP contribution in [0.4, 0.5) is 11.4 Å². The van der Waals surface area contributed by atoms with Gasteiger partial charge in [0.2, 0.25) is 17.7 Å². The fourth-order valence-corrected chi connectivity index (χ4v) is 7.08. The summed E-state index contributed by atoms with van der Waals surface area (Å²) in [5.41, 5.74) is 2.06. The minimum absolute atomic E-state index is 0.357. The predicted octanol–water partition coefficient (Wildman–Crippen LogP) is 3.76. The number of aromatic amines is 1. The first-order valence-corrected chi connectivity index (χ1v) is 13.5. The molecule has 3 N–H and O–H groups in total. The predicted molar refractivity (Wildman–Crippen MR) is 148 cm³/mol. The number of nitrogens with zero attached hydrogens (tertiary/aromatic N) is 1. The largest absolute Gasteiger partial charge is 0.486 e. The zero-order valence-corrected chi connectivity index (χ0v) is 21.8. The van der Waals surface area contributed by atoms with Gasteiger partial charge in [0.15, 0.2) is 11.5 Å². The van der Waals surface area contributed by atoms with Gasteiger partial charge in [-0.1, -0.05) is 29.8 Å². The number of amides is 3. The highest BCUT2D eigenvalue weighted by molar-refractivity contribution is 6.31. The Balaban J connectivity index is 1.27. The van der Waals surface area contributed by atoms with Crippen LogP contribution in [-0.4, -0.2) is 42.0 Å². The summed E-state index contributed by atoms with van der Waals surface area (Å²) in [5, 5.41) is 7.88. The van der Waals surface area contributed by atoms with Gasteiger partial charge in [0.1, 0.15) is 18.8 Å². The molecule has 0 aliphatic carbocycles. The number of carbonyl (C=O) groups is 3. The van der Waals surface area contributed by atoms with Crippen LogP contribution in [0.15, 0.2) is 66.9 Å². The van der Waals surface area contributed by atoms with Gasteiger partial charge in [0, 0.05) is 45.5 Å². The number of fused-ring (bicyclic) bond motifs is 6. The van der Waals surface area contributed by atoms with Gasteiger partial charge in [-0.15, -0.1) is 0 Å². The molecule has 9 nitrogen and oxygen atoms in total. The number of para-hydroxylation sites is 1. The molecule has 1 aromatic heterocycles. The number of aromatic nitrogens is 1. The standard InChI is InChI=1S/C30H23ClN4O5/c31-16-5-7-21-19(12-16)30(29(38)33-21)26-25(22(34-30)11-15-14-32-20-4-2-1-3-18(15)20)27(36)35(28(26)37)17-6-8-23-24(13-17)40-10-9-39-23/h1-8,12-14,22,25-26,32,34H,9-11H2,(H,33,38)/t22-,25+,26+,30+/m0/s1. The first-order valence-electron chi connectivity index (χ1n) is 13.2. The van der Waals surface area contributed by atoms with Gasteiger partial charge >= 0.3 is 0 Å². The summed E-state index contributed by atoms with van der Waals surface area (Å²) in [4.78, 5) is 46.8. The Labute approximate surface area is 233 Å². The molecular formula is C30H23ClN4O5. The number of anilines is 2. The Bertz CT molecular complexity index is 1770. The molecule has 4 aromatic rings. The van der Waals surface area contributed by atoms with Crippen molar-refractivity contribution >= 4 is 51.6 Å². The van der Waals surface area contributed by atoms with E-state index < -0.39 is 29.3 Å². The van der Waals surface area contributed by atoms with Crippen LogP contribution in [0, 0.1) is 11.8 Å². The highest BCUT2D eigenvalue weighted by atomic mass is 35.5. The molecule has 1 spiro atoms. The number of hydrogen-bond donors (Lipinski definition) is 3. The van der Waals surface area contributed by atoms with Crippen molar-refractivity contribution in [1.82, 2.24) is 10.3 Å². The summed E-state index contributed by atoms with van der Waals surface area (Å²) in [7, 11) is 0. The number of H-pyrrole nitrogens is 1. The van der Waals surface area contributed by atoms with Crippen LogP contribution in [0.25, 0.3) is 10.9 Å². The summed E-state index contributed by atoms with van der Waals surface area (Å²) < 4.78 is 11.4. The zero-order chi connectivity index (χ0) is 27.2. The second kappa shape index (κ2) is 8.33. The van der Waals surface area contributed by atoms with E-state index in [4.69, 9.17) is 21.1 Å². The zero-order valence-electron chi connectivity index (χ0n) is 21.1. The fourth-order valence-electron chi connectivity index (χ4n) is 6.91. The summed E-state index contributed by atoms with van der Waals surface area (Å²) in [6.45, 7) is 0.805. The van der Waals surface area contributed by atoms with E-state index >= 15 is 0 Å². The molecule has 5 heterocycles. The first-order chi connectivity index (χ1) is 19.5. The third kappa shape index (κ3) is 3.10. The molecule has 0 radical (unpaired) electrons. The van der Waals surface area contributed by atoms with Crippen LogP contribution in [0.2, 0.25) is 5.02 Å². The summed E-state index contributed by atoms with van der Waals surface area (Å²) in [6.07, 6.45) is 2.36. The number of hydrogen-bond acceptors (Lipinski definition) is 6. The molecule has 40 heavy (non-hydrogen) atoms. The van der Waals surface area contributed by atoms with Gasteiger partial charge in [-0.2, -0.15) is 0 Å². The normalized spacial score (nSPS) is 26.5.